The molecule has 0 aliphatic heterocycles. The lowest BCUT2D eigenvalue weighted by Gasteiger charge is -2.21. The quantitative estimate of drug-likeness (QED) is 0.787. The highest BCUT2D eigenvalue weighted by molar-refractivity contribution is 5.78. The summed E-state index contributed by atoms with van der Waals surface area (Å²) in [6.07, 6.45) is 2.09. The molecule has 1 aliphatic carbocycles. The van der Waals surface area contributed by atoms with Crippen molar-refractivity contribution in [2.75, 3.05) is 0 Å². The molecular formula is C12H21NO3. The Morgan fingerprint density at radius 3 is 2.31 bits per heavy atom. The van der Waals surface area contributed by atoms with E-state index in [4.69, 9.17) is 4.74 Å². The van der Waals surface area contributed by atoms with Gasteiger partial charge in [0, 0.05) is 12.0 Å². The second kappa shape index (κ2) is 4.85. The minimum Gasteiger partial charge on any atom is -0.444 e. The molecule has 0 bridgehead atoms. The molecular weight excluding hydrogens is 206 g/mol. The fourth-order valence-corrected chi connectivity index (χ4v) is 1.96. The third-order valence-corrected chi connectivity index (χ3v) is 2.73. The van der Waals surface area contributed by atoms with Crippen molar-refractivity contribution in [3.8, 4) is 0 Å². The zero-order valence-electron chi connectivity index (χ0n) is 10.5. The smallest absolute Gasteiger partial charge is 0.407 e. The van der Waals surface area contributed by atoms with E-state index in [1.165, 1.54) is 0 Å². The zero-order chi connectivity index (χ0) is 12.3. The summed E-state index contributed by atoms with van der Waals surface area (Å²) in [4.78, 5) is 22.6. The third kappa shape index (κ3) is 4.21. The first-order valence-electron chi connectivity index (χ1n) is 5.78. The molecule has 0 spiro atoms. The molecule has 0 aromatic heterocycles. The molecule has 0 heterocycles. The average Bonchev–Trinajstić information content (AvgIpc) is 2.48. The van der Waals surface area contributed by atoms with E-state index in [1.54, 1.807) is 6.92 Å². The molecule has 1 unspecified atom stereocenters. The molecule has 1 fully saturated rings. The van der Waals surface area contributed by atoms with Gasteiger partial charge in [-0.05, 0) is 47.0 Å². The molecule has 1 rings (SSSR count). The molecule has 0 aromatic rings. The van der Waals surface area contributed by atoms with Crippen LogP contribution in [0.5, 0.6) is 0 Å². The number of amides is 1. The zero-order valence-corrected chi connectivity index (χ0v) is 10.5. The predicted octanol–water partition coefficient (Wildman–Crippen LogP) is 2.27. The maximum Gasteiger partial charge on any atom is 0.407 e. The lowest BCUT2D eigenvalue weighted by atomic mass is 10.0. The summed E-state index contributed by atoms with van der Waals surface area (Å²) in [5, 5.41) is 2.81. The lowest BCUT2D eigenvalue weighted by molar-refractivity contribution is -0.120. The Hall–Kier alpha value is -1.06. The SMILES string of the molecule is CC(=O)C1CC[C@H](NC(=O)OC(C)(C)C)C1. The number of alkyl carbamates (subject to hydrolysis) is 1. The molecule has 2 atom stereocenters. The summed E-state index contributed by atoms with van der Waals surface area (Å²) >= 11 is 0. The van der Waals surface area contributed by atoms with Gasteiger partial charge in [-0.25, -0.2) is 4.79 Å². The van der Waals surface area contributed by atoms with Crippen molar-refractivity contribution >= 4 is 11.9 Å². The minimum atomic E-state index is -0.470. The van der Waals surface area contributed by atoms with Gasteiger partial charge in [0.15, 0.2) is 0 Å². The molecule has 4 nitrogen and oxygen atoms in total. The van der Waals surface area contributed by atoms with Crippen LogP contribution < -0.4 is 5.32 Å². The molecule has 92 valence electrons. The van der Waals surface area contributed by atoms with Crippen molar-refractivity contribution in [2.24, 2.45) is 5.92 Å². The van der Waals surface area contributed by atoms with Gasteiger partial charge < -0.3 is 10.1 Å². The summed E-state index contributed by atoms with van der Waals surface area (Å²) in [5.41, 5.74) is -0.470. The van der Waals surface area contributed by atoms with Crippen LogP contribution in [-0.2, 0) is 9.53 Å². The summed E-state index contributed by atoms with van der Waals surface area (Å²) in [7, 11) is 0. The number of nitrogens with one attached hydrogen (secondary N) is 1. The molecule has 1 saturated carbocycles. The van der Waals surface area contributed by atoms with Crippen molar-refractivity contribution in [1.82, 2.24) is 5.32 Å². The number of Topliss-reactive ketones (excluding diaryl/α,β-unsaturated/α-hetero) is 1. The Kier molecular flexibility index (Phi) is 3.94. The molecule has 0 aromatic carbocycles. The molecule has 1 N–H and O–H groups in total. The van der Waals surface area contributed by atoms with Crippen LogP contribution in [0.2, 0.25) is 0 Å². The van der Waals surface area contributed by atoms with Gasteiger partial charge in [-0.3, -0.25) is 4.79 Å². The van der Waals surface area contributed by atoms with Crippen LogP contribution in [0.4, 0.5) is 4.79 Å². The second-order valence-electron chi connectivity index (χ2n) is 5.46. The van der Waals surface area contributed by atoms with E-state index in [2.05, 4.69) is 5.32 Å². The van der Waals surface area contributed by atoms with Crippen molar-refractivity contribution in [1.29, 1.82) is 0 Å². The van der Waals surface area contributed by atoms with Crippen LogP contribution in [0.1, 0.15) is 47.0 Å². The number of hydrogen-bond acceptors (Lipinski definition) is 3. The van der Waals surface area contributed by atoms with Gasteiger partial charge in [0.25, 0.3) is 0 Å². The average molecular weight is 227 g/mol. The Balaban J connectivity index is 2.34. The highest BCUT2D eigenvalue weighted by Crippen LogP contribution is 2.26. The van der Waals surface area contributed by atoms with Crippen LogP contribution in [0.25, 0.3) is 0 Å². The number of carbonyl (C=O) groups excluding carboxylic acids is 2. The Labute approximate surface area is 96.7 Å². The maximum absolute atomic E-state index is 11.5. The molecule has 16 heavy (non-hydrogen) atoms. The second-order valence-corrected chi connectivity index (χ2v) is 5.46. The number of carbonyl (C=O) groups is 2. The van der Waals surface area contributed by atoms with Gasteiger partial charge >= 0.3 is 6.09 Å². The van der Waals surface area contributed by atoms with Gasteiger partial charge in [-0.2, -0.15) is 0 Å². The molecule has 1 aliphatic rings. The van der Waals surface area contributed by atoms with Crippen LogP contribution in [-0.4, -0.2) is 23.5 Å². The summed E-state index contributed by atoms with van der Waals surface area (Å²) < 4.78 is 5.16. The van der Waals surface area contributed by atoms with Crippen LogP contribution in [0.3, 0.4) is 0 Å². The van der Waals surface area contributed by atoms with Crippen molar-refractivity contribution in [3.63, 3.8) is 0 Å². The first kappa shape index (κ1) is 13.0. The monoisotopic (exact) mass is 227 g/mol. The van der Waals surface area contributed by atoms with E-state index in [-0.39, 0.29) is 23.8 Å². The number of rotatable bonds is 2. The van der Waals surface area contributed by atoms with E-state index < -0.39 is 5.60 Å². The topological polar surface area (TPSA) is 55.4 Å². The molecule has 4 heteroatoms. The van der Waals surface area contributed by atoms with Crippen LogP contribution >= 0.6 is 0 Å². The summed E-state index contributed by atoms with van der Waals surface area (Å²) in [6, 6.07) is 0.0868. The summed E-state index contributed by atoms with van der Waals surface area (Å²) in [6.45, 7) is 7.11. The molecule has 1 amide bonds. The van der Waals surface area contributed by atoms with E-state index in [9.17, 15) is 9.59 Å². The number of hydrogen-bond donors (Lipinski definition) is 1. The lowest BCUT2D eigenvalue weighted by Crippen LogP contribution is -2.38. The van der Waals surface area contributed by atoms with E-state index in [1.807, 2.05) is 20.8 Å². The Morgan fingerprint density at radius 1 is 1.25 bits per heavy atom. The van der Waals surface area contributed by atoms with Gasteiger partial charge in [0.1, 0.15) is 11.4 Å². The predicted molar refractivity (Wildman–Crippen MR) is 61.2 cm³/mol. The van der Waals surface area contributed by atoms with E-state index >= 15 is 0 Å². The number of ether oxygens (including phenoxy) is 1. The largest absolute Gasteiger partial charge is 0.444 e. The first-order valence-corrected chi connectivity index (χ1v) is 5.78. The minimum absolute atomic E-state index is 0.0868. The maximum atomic E-state index is 11.5. The molecule has 0 saturated heterocycles. The van der Waals surface area contributed by atoms with E-state index in [0.29, 0.717) is 0 Å². The Morgan fingerprint density at radius 2 is 1.88 bits per heavy atom. The van der Waals surface area contributed by atoms with Gasteiger partial charge in [0.2, 0.25) is 0 Å². The van der Waals surface area contributed by atoms with Gasteiger partial charge in [-0.1, -0.05) is 0 Å². The molecule has 0 radical (unpaired) electrons. The van der Waals surface area contributed by atoms with Crippen LogP contribution in [0, 0.1) is 5.92 Å². The van der Waals surface area contributed by atoms with Crippen molar-refractivity contribution < 1.29 is 14.3 Å². The fraction of sp³-hybridized carbons (Fsp3) is 0.833. The first-order chi connectivity index (χ1) is 7.28. The highest BCUT2D eigenvalue weighted by Gasteiger charge is 2.29. The Bertz CT molecular complexity index is 280. The summed E-state index contributed by atoms with van der Waals surface area (Å²) in [5.74, 6) is 0.327. The van der Waals surface area contributed by atoms with Gasteiger partial charge in [-0.15, -0.1) is 0 Å². The van der Waals surface area contributed by atoms with Crippen molar-refractivity contribution in [2.45, 2.75) is 58.6 Å². The van der Waals surface area contributed by atoms with Crippen LogP contribution in [0.15, 0.2) is 0 Å². The fourth-order valence-electron chi connectivity index (χ4n) is 1.96. The van der Waals surface area contributed by atoms with Gasteiger partial charge in [0.05, 0.1) is 0 Å². The number of ketones is 1. The normalized spacial score (nSPS) is 25.2. The van der Waals surface area contributed by atoms with Crippen molar-refractivity contribution in [3.05, 3.63) is 0 Å². The standard InChI is InChI=1S/C12H21NO3/c1-8(14)9-5-6-10(7-9)13-11(15)16-12(2,3)4/h9-10H,5-7H2,1-4H3,(H,13,15)/t9?,10-/m0/s1. The van der Waals surface area contributed by atoms with E-state index in [0.717, 1.165) is 19.3 Å². The highest BCUT2D eigenvalue weighted by atomic mass is 16.6. The third-order valence-electron chi connectivity index (χ3n) is 2.73.